The molecule has 1 amide bonds. The lowest BCUT2D eigenvalue weighted by molar-refractivity contribution is 0.102. The minimum Gasteiger partial charge on any atom is -0.506 e. The average Bonchev–Trinajstić information content (AvgIpc) is 2.97. The summed E-state index contributed by atoms with van der Waals surface area (Å²) in [5.74, 6) is 0.478. The molecule has 0 saturated carbocycles. The van der Waals surface area contributed by atoms with Crippen molar-refractivity contribution in [1.29, 1.82) is 0 Å². The van der Waals surface area contributed by atoms with Crippen molar-refractivity contribution in [1.82, 2.24) is 0 Å². The lowest BCUT2D eigenvalue weighted by Crippen LogP contribution is -2.15. The van der Waals surface area contributed by atoms with E-state index < -0.39 is 5.91 Å². The second-order valence-corrected chi connectivity index (χ2v) is 7.04. The van der Waals surface area contributed by atoms with E-state index in [9.17, 15) is 9.90 Å². The number of carbonyl (C=O) groups excluding carboxylic acids is 1. The van der Waals surface area contributed by atoms with E-state index in [1.807, 2.05) is 6.07 Å². The van der Waals surface area contributed by atoms with E-state index in [0.29, 0.717) is 27.8 Å². The maximum absolute atomic E-state index is 12.5. The number of ether oxygens (including phenoxy) is 2. The van der Waals surface area contributed by atoms with Crippen molar-refractivity contribution in [3.8, 4) is 17.2 Å². The van der Waals surface area contributed by atoms with Crippen LogP contribution in [0.1, 0.15) is 36.7 Å². The first-order valence-electron chi connectivity index (χ1n) is 7.50. The van der Waals surface area contributed by atoms with Crippen LogP contribution in [0.2, 0.25) is 5.02 Å². The Morgan fingerprint density at radius 3 is 2.67 bits per heavy atom. The zero-order chi connectivity index (χ0) is 17.5. The molecule has 1 aliphatic rings. The van der Waals surface area contributed by atoms with Crippen LogP contribution < -0.4 is 14.8 Å². The van der Waals surface area contributed by atoms with Crippen molar-refractivity contribution in [2.75, 3.05) is 12.1 Å². The van der Waals surface area contributed by atoms with Crippen molar-refractivity contribution in [3.63, 3.8) is 0 Å². The molecule has 2 aromatic carbocycles. The predicted octanol–water partition coefficient (Wildman–Crippen LogP) is 4.32. The lowest BCUT2D eigenvalue weighted by atomic mass is 9.87. The van der Waals surface area contributed by atoms with Gasteiger partial charge in [0.15, 0.2) is 11.5 Å². The van der Waals surface area contributed by atoms with Crippen LogP contribution in [0.5, 0.6) is 17.2 Å². The van der Waals surface area contributed by atoms with Crippen LogP contribution in [-0.2, 0) is 5.41 Å². The molecular weight excluding hydrogens is 330 g/mol. The molecule has 0 fully saturated rings. The average molecular weight is 348 g/mol. The molecule has 0 aromatic heterocycles. The molecule has 0 unspecified atom stereocenters. The Hall–Kier alpha value is -2.40. The molecule has 5 nitrogen and oxygen atoms in total. The number of nitrogens with one attached hydrogen (secondary N) is 1. The number of aromatic hydroxyl groups is 1. The van der Waals surface area contributed by atoms with Gasteiger partial charge in [-0.3, -0.25) is 4.79 Å². The smallest absolute Gasteiger partial charge is 0.255 e. The second-order valence-electron chi connectivity index (χ2n) is 6.63. The standard InChI is InChI=1S/C18H18ClNO4/c1-18(2,3)11-4-5-14(21)13(8-11)20-17(22)10-6-12(19)16-15(7-10)23-9-24-16/h4-8,21H,9H2,1-3H3,(H,20,22). The number of anilines is 1. The van der Waals surface area contributed by atoms with Crippen LogP contribution >= 0.6 is 11.6 Å². The summed E-state index contributed by atoms with van der Waals surface area (Å²) in [5, 5.41) is 13.0. The first-order chi connectivity index (χ1) is 11.3. The van der Waals surface area contributed by atoms with Gasteiger partial charge < -0.3 is 19.9 Å². The number of phenols is 1. The number of phenolic OH excluding ortho intramolecular Hbond substituents is 1. The number of amides is 1. The summed E-state index contributed by atoms with van der Waals surface area (Å²) in [6.45, 7) is 6.25. The number of hydrogen-bond acceptors (Lipinski definition) is 4. The minimum atomic E-state index is -0.392. The monoisotopic (exact) mass is 347 g/mol. The number of hydrogen-bond donors (Lipinski definition) is 2. The summed E-state index contributed by atoms with van der Waals surface area (Å²) in [7, 11) is 0. The zero-order valence-electron chi connectivity index (χ0n) is 13.6. The Kier molecular flexibility index (Phi) is 4.05. The van der Waals surface area contributed by atoms with Crippen molar-refractivity contribution in [2.45, 2.75) is 26.2 Å². The fraction of sp³-hybridized carbons (Fsp3) is 0.278. The normalized spacial score (nSPS) is 13.0. The van der Waals surface area contributed by atoms with Gasteiger partial charge in [0, 0.05) is 5.56 Å². The fourth-order valence-corrected chi connectivity index (χ4v) is 2.66. The van der Waals surface area contributed by atoms with Gasteiger partial charge in [0.1, 0.15) is 5.75 Å². The van der Waals surface area contributed by atoms with Gasteiger partial charge in [0.25, 0.3) is 5.91 Å². The van der Waals surface area contributed by atoms with Gasteiger partial charge in [0.05, 0.1) is 10.7 Å². The Bertz CT molecular complexity index is 811. The van der Waals surface area contributed by atoms with E-state index >= 15 is 0 Å². The van der Waals surface area contributed by atoms with Gasteiger partial charge in [-0.1, -0.05) is 38.4 Å². The van der Waals surface area contributed by atoms with E-state index in [-0.39, 0.29) is 18.0 Å². The van der Waals surface area contributed by atoms with Crippen LogP contribution in [-0.4, -0.2) is 17.8 Å². The summed E-state index contributed by atoms with van der Waals surface area (Å²) in [6.07, 6.45) is 0. The Morgan fingerprint density at radius 1 is 1.21 bits per heavy atom. The predicted molar refractivity (Wildman–Crippen MR) is 92.3 cm³/mol. The van der Waals surface area contributed by atoms with E-state index in [0.717, 1.165) is 5.56 Å². The van der Waals surface area contributed by atoms with E-state index in [2.05, 4.69) is 26.1 Å². The highest BCUT2D eigenvalue weighted by atomic mass is 35.5. The quantitative estimate of drug-likeness (QED) is 0.794. The van der Waals surface area contributed by atoms with Gasteiger partial charge in [-0.05, 0) is 35.2 Å². The van der Waals surface area contributed by atoms with Crippen molar-refractivity contribution >= 4 is 23.2 Å². The molecule has 2 aromatic rings. The maximum atomic E-state index is 12.5. The molecule has 24 heavy (non-hydrogen) atoms. The third-order valence-corrected chi connectivity index (χ3v) is 4.08. The molecule has 126 valence electrons. The summed E-state index contributed by atoms with van der Waals surface area (Å²) in [6, 6.07) is 8.25. The third-order valence-electron chi connectivity index (χ3n) is 3.80. The molecule has 0 radical (unpaired) electrons. The molecule has 0 bridgehead atoms. The SMILES string of the molecule is CC(C)(C)c1ccc(O)c(NC(=O)c2cc(Cl)c3c(c2)OCO3)c1. The van der Waals surface area contributed by atoms with Gasteiger partial charge in [-0.25, -0.2) is 0 Å². The Labute approximate surface area is 145 Å². The first-order valence-corrected chi connectivity index (χ1v) is 7.87. The topological polar surface area (TPSA) is 67.8 Å². The summed E-state index contributed by atoms with van der Waals surface area (Å²) in [5.41, 5.74) is 1.57. The number of rotatable bonds is 2. The molecule has 1 aliphatic heterocycles. The lowest BCUT2D eigenvalue weighted by Gasteiger charge is -2.20. The minimum absolute atomic E-state index is 0.00295. The number of halogens is 1. The number of fused-ring (bicyclic) bond motifs is 1. The number of benzene rings is 2. The largest absolute Gasteiger partial charge is 0.506 e. The molecule has 1 heterocycles. The van der Waals surface area contributed by atoms with Crippen molar-refractivity contribution < 1.29 is 19.4 Å². The van der Waals surface area contributed by atoms with Gasteiger partial charge in [0.2, 0.25) is 6.79 Å². The van der Waals surface area contributed by atoms with Crippen LogP contribution in [0.15, 0.2) is 30.3 Å². The molecule has 0 aliphatic carbocycles. The fourth-order valence-electron chi connectivity index (χ4n) is 2.40. The van der Waals surface area contributed by atoms with Crippen LogP contribution in [0.4, 0.5) is 5.69 Å². The highest BCUT2D eigenvalue weighted by molar-refractivity contribution is 6.32. The van der Waals surface area contributed by atoms with Gasteiger partial charge in [-0.2, -0.15) is 0 Å². The highest BCUT2D eigenvalue weighted by Gasteiger charge is 2.22. The van der Waals surface area contributed by atoms with Crippen LogP contribution in [0.25, 0.3) is 0 Å². The van der Waals surface area contributed by atoms with Gasteiger partial charge in [-0.15, -0.1) is 0 Å². The molecule has 0 spiro atoms. The van der Waals surface area contributed by atoms with Crippen molar-refractivity contribution in [3.05, 3.63) is 46.5 Å². The molecule has 6 heteroatoms. The van der Waals surface area contributed by atoms with Gasteiger partial charge >= 0.3 is 0 Å². The van der Waals surface area contributed by atoms with E-state index in [4.69, 9.17) is 21.1 Å². The third kappa shape index (κ3) is 3.12. The van der Waals surface area contributed by atoms with Crippen LogP contribution in [0, 0.1) is 0 Å². The van der Waals surface area contributed by atoms with Crippen molar-refractivity contribution in [2.24, 2.45) is 0 Å². The Morgan fingerprint density at radius 2 is 1.96 bits per heavy atom. The molecule has 0 atom stereocenters. The molecule has 2 N–H and O–H groups in total. The molecular formula is C18H18ClNO4. The maximum Gasteiger partial charge on any atom is 0.255 e. The van der Waals surface area contributed by atoms with Crippen LogP contribution in [0.3, 0.4) is 0 Å². The Balaban J connectivity index is 1.89. The highest BCUT2D eigenvalue weighted by Crippen LogP contribution is 2.40. The molecule has 3 rings (SSSR count). The molecule has 0 saturated heterocycles. The van der Waals surface area contributed by atoms with E-state index in [1.54, 1.807) is 18.2 Å². The zero-order valence-corrected chi connectivity index (χ0v) is 14.4. The number of carbonyl (C=O) groups is 1. The first kappa shape index (κ1) is 16.5. The summed E-state index contributed by atoms with van der Waals surface area (Å²) >= 11 is 6.10. The summed E-state index contributed by atoms with van der Waals surface area (Å²) < 4.78 is 10.5. The van der Waals surface area contributed by atoms with E-state index in [1.165, 1.54) is 6.07 Å². The second kappa shape index (κ2) is 5.91. The summed E-state index contributed by atoms with van der Waals surface area (Å²) in [4.78, 5) is 12.5.